The van der Waals surface area contributed by atoms with Gasteiger partial charge in [0.1, 0.15) is 18.2 Å². The van der Waals surface area contributed by atoms with E-state index < -0.39 is 29.5 Å². The van der Waals surface area contributed by atoms with Gasteiger partial charge in [-0.05, 0) is 121 Å². The number of piperidine rings is 2. The quantitative estimate of drug-likeness (QED) is 0.119. The van der Waals surface area contributed by atoms with Gasteiger partial charge in [-0.25, -0.2) is 9.97 Å². The van der Waals surface area contributed by atoms with Crippen molar-refractivity contribution in [2.24, 2.45) is 10.8 Å². The van der Waals surface area contributed by atoms with E-state index in [1.54, 1.807) is 63.1 Å². The average molecular weight is 1050 g/mol. The van der Waals surface area contributed by atoms with E-state index in [9.17, 15) is 41.9 Å². The van der Waals surface area contributed by atoms with Crippen molar-refractivity contribution in [1.29, 1.82) is 0 Å². The molecule has 10 rings (SSSR count). The highest BCUT2D eigenvalue weighted by molar-refractivity contribution is 7.10. The summed E-state index contributed by atoms with van der Waals surface area (Å²) in [5.41, 5.74) is 4.44. The van der Waals surface area contributed by atoms with E-state index in [4.69, 9.17) is 5.11 Å². The largest absolute Gasteiger partial charge is 0.471 e. The normalized spacial score (nSPS) is 19.3. The van der Waals surface area contributed by atoms with Gasteiger partial charge in [0, 0.05) is 99.5 Å². The van der Waals surface area contributed by atoms with E-state index in [0.29, 0.717) is 82.2 Å². The van der Waals surface area contributed by atoms with Gasteiger partial charge in [0.2, 0.25) is 29.5 Å². The fourth-order valence-electron chi connectivity index (χ4n) is 10.5. The third-order valence-electron chi connectivity index (χ3n) is 14.9. The Labute approximate surface area is 434 Å². The Balaban J connectivity index is 0.000000182. The summed E-state index contributed by atoms with van der Waals surface area (Å²) in [6.45, 7) is 2.67. The van der Waals surface area contributed by atoms with E-state index in [2.05, 4.69) is 61.7 Å². The number of rotatable bonds is 9. The van der Waals surface area contributed by atoms with Gasteiger partial charge in [-0.15, -0.1) is 22.7 Å². The molecule has 0 bridgehead atoms. The number of aliphatic hydroxyl groups is 1. The number of pyridine rings is 2. The van der Waals surface area contributed by atoms with Crippen molar-refractivity contribution in [1.82, 2.24) is 29.6 Å². The van der Waals surface area contributed by atoms with Crippen LogP contribution in [0.15, 0.2) is 95.0 Å². The number of fused-ring (bicyclic) bond motifs is 2. The van der Waals surface area contributed by atoms with Gasteiger partial charge in [0.15, 0.2) is 0 Å². The summed E-state index contributed by atoms with van der Waals surface area (Å²) in [7, 11) is 0. The van der Waals surface area contributed by atoms with Crippen LogP contribution in [0.5, 0.6) is 0 Å². The molecule has 0 saturated carbocycles. The van der Waals surface area contributed by atoms with Crippen LogP contribution in [-0.2, 0) is 54.5 Å². The van der Waals surface area contributed by atoms with Crippen LogP contribution in [0.3, 0.4) is 0 Å². The van der Waals surface area contributed by atoms with E-state index in [0.717, 1.165) is 47.3 Å². The minimum Gasteiger partial charge on any atom is -0.387 e. The fraction of sp³-hybridized carbons (Fsp3) is 0.407. The number of nitrogens with zero attached hydrogens (tertiary/aromatic N) is 6. The summed E-state index contributed by atoms with van der Waals surface area (Å²) in [6, 6.07) is 12.2. The van der Waals surface area contributed by atoms with Crippen LogP contribution in [0, 0.1) is 10.8 Å². The number of aliphatic hydroxyl groups excluding tert-OH is 1. The number of aromatic nitrogens is 2. The Morgan fingerprint density at radius 2 is 1.11 bits per heavy atom. The molecule has 0 unspecified atom stereocenters. The van der Waals surface area contributed by atoms with Gasteiger partial charge in [-0.1, -0.05) is 35.4 Å². The van der Waals surface area contributed by atoms with E-state index in [-0.39, 0.29) is 55.5 Å². The first-order chi connectivity index (χ1) is 35.6. The summed E-state index contributed by atoms with van der Waals surface area (Å²) in [6.07, 6.45) is 15.0. The molecule has 388 valence electrons. The van der Waals surface area contributed by atoms with Crippen LogP contribution >= 0.6 is 22.7 Å². The number of hydrogen-bond acceptors (Lipinski definition) is 11. The minimum atomic E-state index is -4.93. The van der Waals surface area contributed by atoms with Gasteiger partial charge in [0.05, 0.1) is 10.8 Å². The maximum atomic E-state index is 12.9. The standard InChI is InChI=1S/C27H27F3N4O3S.C27H30N4O4S/c28-27(29,30)25(37)34-11-7-26(8-12-34)16-20-14-19(17-31-23(20)32-24(26)36)3-4-22(35)33-9-5-18(6-10-33)15-21-2-1-13-38-21;32-18-24(34)31-11-7-27(8-12-31)16-21-14-20(17-28-25(21)29-26(27)35)3-4-23(33)30-9-5-19(6-10-30)15-22-2-1-13-36-22/h1-5,13-14,17H,6-12,15-16H2,(H,31,32,36);1-5,13-14,17,32H,6-12,15-16,18H2,(H,28,29,35)/b2*4-3+. The second-order valence-electron chi connectivity index (χ2n) is 19.7. The van der Waals surface area contributed by atoms with Crippen molar-refractivity contribution in [3.05, 3.63) is 127 Å². The molecule has 0 aliphatic carbocycles. The first-order valence-electron chi connectivity index (χ1n) is 24.8. The molecular weight excluding hydrogens is 994 g/mol. The molecule has 0 radical (unpaired) electrons. The number of thiophene rings is 2. The molecule has 20 heteroatoms. The zero-order valence-electron chi connectivity index (χ0n) is 40.7. The first-order valence-corrected chi connectivity index (χ1v) is 26.5. The molecule has 0 aromatic carbocycles. The maximum absolute atomic E-state index is 12.9. The van der Waals surface area contributed by atoms with Crippen LogP contribution in [0.2, 0.25) is 0 Å². The highest BCUT2D eigenvalue weighted by Gasteiger charge is 2.50. The Morgan fingerprint density at radius 3 is 1.49 bits per heavy atom. The average Bonchev–Trinajstić information content (AvgIpc) is 4.13. The molecule has 6 aliphatic heterocycles. The Bertz CT molecular complexity index is 2900. The number of alkyl halides is 3. The second kappa shape index (κ2) is 22.4. The predicted molar refractivity (Wildman–Crippen MR) is 275 cm³/mol. The predicted octanol–water partition coefficient (Wildman–Crippen LogP) is 6.88. The van der Waals surface area contributed by atoms with Crippen LogP contribution in [-0.4, -0.2) is 135 Å². The number of anilines is 2. The zero-order valence-corrected chi connectivity index (χ0v) is 42.3. The van der Waals surface area contributed by atoms with Crippen molar-refractivity contribution >= 4 is 81.9 Å². The van der Waals surface area contributed by atoms with Gasteiger partial charge in [-0.2, -0.15) is 13.2 Å². The lowest BCUT2D eigenvalue weighted by Crippen LogP contribution is -2.53. The molecule has 2 fully saturated rings. The smallest absolute Gasteiger partial charge is 0.387 e. The molecule has 4 aromatic heterocycles. The SMILES string of the molecule is O=C(/C=C/c1cnc2c(c1)CC1(CCN(C(=O)C(F)(F)F)CC1)C(=O)N2)N1CC=C(Cc2cccs2)CC1.O=C(/C=C/c1cnc2c(c1)CC1(CCN(C(=O)CO)CC1)C(=O)N2)N1CC=C(Cc2cccs2)CC1. The van der Waals surface area contributed by atoms with Crippen LogP contribution in [0.4, 0.5) is 24.8 Å². The van der Waals surface area contributed by atoms with Crippen molar-refractivity contribution in [2.45, 2.75) is 70.4 Å². The number of nitrogens with one attached hydrogen (secondary N) is 2. The van der Waals surface area contributed by atoms with Crippen molar-refractivity contribution in [3.63, 3.8) is 0 Å². The fourth-order valence-corrected chi connectivity index (χ4v) is 12.0. The second-order valence-corrected chi connectivity index (χ2v) is 21.7. The molecule has 3 N–H and O–H groups in total. The monoisotopic (exact) mass is 1050 g/mol. The van der Waals surface area contributed by atoms with E-state index in [1.165, 1.54) is 27.0 Å². The molecule has 6 amide bonds. The topological polar surface area (TPSA) is 185 Å². The number of likely N-dealkylation sites (tertiary alicyclic amines) is 2. The number of carbonyl (C=O) groups excluding carboxylic acids is 6. The Hall–Kier alpha value is -6.77. The molecule has 2 spiro atoms. The van der Waals surface area contributed by atoms with Gasteiger partial charge in [-0.3, -0.25) is 28.8 Å². The van der Waals surface area contributed by atoms with Crippen LogP contribution in [0.25, 0.3) is 12.2 Å². The van der Waals surface area contributed by atoms with Gasteiger partial charge < -0.3 is 35.3 Å². The molecular formula is C54H57F3N8O7S2. The van der Waals surface area contributed by atoms with Crippen LogP contribution < -0.4 is 10.6 Å². The third kappa shape index (κ3) is 12.1. The number of carbonyl (C=O) groups is 6. The highest BCUT2D eigenvalue weighted by atomic mass is 32.1. The molecule has 2 saturated heterocycles. The van der Waals surface area contributed by atoms with Crippen molar-refractivity contribution < 1.29 is 47.0 Å². The molecule has 6 aliphatic rings. The first kappa shape index (κ1) is 52.1. The lowest BCUT2D eigenvalue weighted by Gasteiger charge is -2.43. The number of halogens is 3. The molecule has 74 heavy (non-hydrogen) atoms. The Morgan fingerprint density at radius 1 is 0.662 bits per heavy atom. The molecule has 15 nitrogen and oxygen atoms in total. The minimum absolute atomic E-state index is 0.0233. The van der Waals surface area contributed by atoms with Crippen molar-refractivity contribution in [3.8, 4) is 0 Å². The lowest BCUT2D eigenvalue weighted by molar-refractivity contribution is -0.187. The summed E-state index contributed by atoms with van der Waals surface area (Å²) in [5.74, 6) is -1.67. The summed E-state index contributed by atoms with van der Waals surface area (Å²) in [5, 5.41) is 19.0. The molecule has 0 atom stereocenters. The van der Waals surface area contributed by atoms with Gasteiger partial charge in [0.25, 0.3) is 0 Å². The lowest BCUT2D eigenvalue weighted by atomic mass is 9.71. The summed E-state index contributed by atoms with van der Waals surface area (Å²) in [4.78, 5) is 92.1. The summed E-state index contributed by atoms with van der Waals surface area (Å²) >= 11 is 3.49. The third-order valence-corrected chi connectivity index (χ3v) is 16.7. The maximum Gasteiger partial charge on any atom is 0.471 e. The number of hydrogen-bond donors (Lipinski definition) is 3. The zero-order chi connectivity index (χ0) is 52.0. The van der Waals surface area contributed by atoms with Gasteiger partial charge >= 0.3 is 12.1 Å². The van der Waals surface area contributed by atoms with Crippen LogP contribution in [0.1, 0.15) is 70.5 Å². The number of amides is 6. The highest BCUT2D eigenvalue weighted by Crippen LogP contribution is 2.43. The van der Waals surface area contributed by atoms with E-state index in [1.807, 2.05) is 23.1 Å². The summed E-state index contributed by atoms with van der Waals surface area (Å²) < 4.78 is 38.4. The molecule has 4 aromatic rings. The van der Waals surface area contributed by atoms with E-state index >= 15 is 0 Å². The molecule has 10 heterocycles. The van der Waals surface area contributed by atoms with Crippen molar-refractivity contribution in [2.75, 3.05) is 69.6 Å². The Kier molecular flexibility index (Phi) is 15.8.